The van der Waals surface area contributed by atoms with Crippen molar-refractivity contribution < 1.29 is 9.59 Å². The number of piperidine rings is 3. The highest BCUT2D eigenvalue weighted by Crippen LogP contribution is 2.41. The van der Waals surface area contributed by atoms with Gasteiger partial charge in [0.1, 0.15) is 0 Å². The molecule has 1 aromatic heterocycles. The van der Waals surface area contributed by atoms with Crippen LogP contribution in [-0.2, 0) is 16.1 Å². The maximum absolute atomic E-state index is 12.8. The molecular formula is C22H33N5O2. The Morgan fingerprint density at radius 3 is 2.79 bits per heavy atom. The van der Waals surface area contributed by atoms with E-state index in [1.807, 2.05) is 11.6 Å². The van der Waals surface area contributed by atoms with Crippen LogP contribution < -0.4 is 5.32 Å². The van der Waals surface area contributed by atoms with Gasteiger partial charge in [-0.2, -0.15) is 5.10 Å². The Kier molecular flexibility index (Phi) is 5.10. The maximum Gasteiger partial charge on any atom is 0.223 e. The lowest BCUT2D eigenvalue weighted by atomic mass is 9.72. The Bertz CT molecular complexity index is 773. The molecule has 1 saturated carbocycles. The molecule has 3 aliphatic heterocycles. The monoisotopic (exact) mass is 399 g/mol. The van der Waals surface area contributed by atoms with Crippen LogP contribution >= 0.6 is 0 Å². The van der Waals surface area contributed by atoms with Crippen molar-refractivity contribution in [3.8, 4) is 0 Å². The number of amides is 2. The first-order valence-corrected chi connectivity index (χ1v) is 11.4. The lowest BCUT2D eigenvalue weighted by Crippen LogP contribution is -2.67. The Labute approximate surface area is 172 Å². The molecule has 2 amide bonds. The molecule has 1 aromatic rings. The number of hydrogen-bond acceptors (Lipinski definition) is 4. The third-order valence-corrected chi connectivity index (χ3v) is 7.43. The standard InChI is InChI=1S/C22H33N5O2/c1-15-7-8-26(24-15)10-9-25-13-17-11-18(14-25)20(12-23-22(29)16-5-6-16)27-19(17)3-2-4-21(27)28/h7-8,16-20H,2-6,9-14H2,1H3,(H,23,29)/t17-,18+,19+,20+/m1/s1. The molecule has 0 spiro atoms. The third kappa shape index (κ3) is 3.93. The largest absolute Gasteiger partial charge is 0.354 e. The molecule has 4 heterocycles. The fraction of sp³-hybridized carbons (Fsp3) is 0.773. The van der Waals surface area contributed by atoms with Gasteiger partial charge in [-0.05, 0) is 56.9 Å². The summed E-state index contributed by atoms with van der Waals surface area (Å²) in [6.45, 7) is 6.64. The molecule has 1 aliphatic carbocycles. The van der Waals surface area contributed by atoms with E-state index >= 15 is 0 Å². The maximum atomic E-state index is 12.8. The van der Waals surface area contributed by atoms with Gasteiger partial charge in [0.15, 0.2) is 0 Å². The van der Waals surface area contributed by atoms with Gasteiger partial charge >= 0.3 is 0 Å². The Morgan fingerprint density at radius 1 is 1.21 bits per heavy atom. The number of aromatic nitrogens is 2. The van der Waals surface area contributed by atoms with Gasteiger partial charge in [-0.25, -0.2) is 0 Å². The van der Waals surface area contributed by atoms with Gasteiger partial charge < -0.3 is 15.1 Å². The van der Waals surface area contributed by atoms with Crippen molar-refractivity contribution >= 4 is 11.8 Å². The quantitative estimate of drug-likeness (QED) is 0.785. The van der Waals surface area contributed by atoms with E-state index in [9.17, 15) is 9.59 Å². The first-order chi connectivity index (χ1) is 14.1. The van der Waals surface area contributed by atoms with E-state index in [0.29, 0.717) is 36.8 Å². The molecule has 4 aliphatic rings. The van der Waals surface area contributed by atoms with E-state index in [2.05, 4.69) is 32.5 Å². The molecule has 4 fully saturated rings. The summed E-state index contributed by atoms with van der Waals surface area (Å²) in [6, 6.07) is 2.56. The van der Waals surface area contributed by atoms with Crippen LogP contribution in [0.2, 0.25) is 0 Å². The molecule has 0 radical (unpaired) electrons. The molecule has 158 valence electrons. The summed E-state index contributed by atoms with van der Waals surface area (Å²) in [5.41, 5.74) is 1.06. The molecule has 0 unspecified atom stereocenters. The van der Waals surface area contributed by atoms with Gasteiger partial charge in [-0.1, -0.05) is 0 Å². The van der Waals surface area contributed by atoms with Gasteiger partial charge in [0.25, 0.3) is 0 Å². The molecule has 5 rings (SSSR count). The van der Waals surface area contributed by atoms with Crippen LogP contribution in [0, 0.1) is 24.7 Å². The Balaban J connectivity index is 1.28. The van der Waals surface area contributed by atoms with Crippen LogP contribution in [0.4, 0.5) is 0 Å². The molecule has 7 heteroatoms. The summed E-state index contributed by atoms with van der Waals surface area (Å²) in [4.78, 5) is 29.9. The number of nitrogens with zero attached hydrogens (tertiary/aromatic N) is 4. The number of likely N-dealkylation sites (tertiary alicyclic amines) is 1. The minimum atomic E-state index is 0.154. The van der Waals surface area contributed by atoms with Crippen LogP contribution in [0.3, 0.4) is 0 Å². The Morgan fingerprint density at radius 2 is 2.03 bits per heavy atom. The second-order valence-corrected chi connectivity index (χ2v) is 9.58. The Hall–Kier alpha value is -1.89. The van der Waals surface area contributed by atoms with E-state index in [-0.39, 0.29) is 17.9 Å². The van der Waals surface area contributed by atoms with Crippen LogP contribution in [0.15, 0.2) is 12.3 Å². The van der Waals surface area contributed by atoms with Crippen LogP contribution in [-0.4, -0.2) is 69.7 Å². The van der Waals surface area contributed by atoms with Crippen molar-refractivity contribution in [1.29, 1.82) is 0 Å². The normalized spacial score (nSPS) is 32.2. The number of carbonyl (C=O) groups excluding carboxylic acids is 2. The number of fused-ring (bicyclic) bond motifs is 4. The number of hydrogen-bond donors (Lipinski definition) is 1. The molecule has 4 atom stereocenters. The smallest absolute Gasteiger partial charge is 0.223 e. The first-order valence-electron chi connectivity index (χ1n) is 11.4. The zero-order valence-electron chi connectivity index (χ0n) is 17.4. The second kappa shape index (κ2) is 7.74. The first kappa shape index (κ1) is 19.1. The average Bonchev–Trinajstić information content (AvgIpc) is 3.48. The topological polar surface area (TPSA) is 70.5 Å². The second-order valence-electron chi connectivity index (χ2n) is 9.58. The highest BCUT2D eigenvalue weighted by molar-refractivity contribution is 5.81. The highest BCUT2D eigenvalue weighted by atomic mass is 16.2. The molecule has 3 saturated heterocycles. The molecular weight excluding hydrogens is 366 g/mol. The fourth-order valence-corrected chi connectivity index (χ4v) is 5.84. The van der Waals surface area contributed by atoms with E-state index in [0.717, 1.165) is 57.6 Å². The molecule has 7 nitrogen and oxygen atoms in total. The SMILES string of the molecule is Cc1ccn(CCN2C[C@H]3C[C@@H](C2)[C@H](CNC(=O)C2CC2)N2C(=O)CCC[C@@H]32)n1. The fourth-order valence-electron chi connectivity index (χ4n) is 5.84. The third-order valence-electron chi connectivity index (χ3n) is 7.43. The van der Waals surface area contributed by atoms with Gasteiger partial charge in [-0.15, -0.1) is 0 Å². The van der Waals surface area contributed by atoms with Crippen LogP contribution in [0.25, 0.3) is 0 Å². The zero-order valence-corrected chi connectivity index (χ0v) is 17.4. The summed E-state index contributed by atoms with van der Waals surface area (Å²) < 4.78 is 2.03. The number of nitrogens with one attached hydrogen (secondary N) is 1. The van der Waals surface area contributed by atoms with E-state index in [4.69, 9.17) is 0 Å². The molecule has 1 N–H and O–H groups in total. The van der Waals surface area contributed by atoms with Crippen molar-refractivity contribution in [3.05, 3.63) is 18.0 Å². The summed E-state index contributed by atoms with van der Waals surface area (Å²) in [7, 11) is 0. The molecule has 29 heavy (non-hydrogen) atoms. The van der Waals surface area contributed by atoms with Gasteiger partial charge in [0.05, 0.1) is 18.3 Å². The van der Waals surface area contributed by atoms with Gasteiger partial charge in [-0.3, -0.25) is 14.3 Å². The zero-order chi connectivity index (χ0) is 20.0. The van der Waals surface area contributed by atoms with Crippen LogP contribution in [0.5, 0.6) is 0 Å². The van der Waals surface area contributed by atoms with E-state index < -0.39 is 0 Å². The predicted molar refractivity (Wildman–Crippen MR) is 109 cm³/mol. The van der Waals surface area contributed by atoms with Crippen molar-refractivity contribution in [2.75, 3.05) is 26.2 Å². The molecule has 2 bridgehead atoms. The van der Waals surface area contributed by atoms with Crippen molar-refractivity contribution in [2.45, 2.75) is 64.1 Å². The molecule has 0 aromatic carbocycles. The number of aryl methyl sites for hydroxylation is 1. The van der Waals surface area contributed by atoms with E-state index in [1.165, 1.54) is 6.42 Å². The highest BCUT2D eigenvalue weighted by Gasteiger charge is 2.49. The summed E-state index contributed by atoms with van der Waals surface area (Å²) in [5, 5.41) is 7.70. The van der Waals surface area contributed by atoms with E-state index in [1.54, 1.807) is 0 Å². The number of carbonyl (C=O) groups is 2. The van der Waals surface area contributed by atoms with Gasteiger partial charge in [0, 0.05) is 50.8 Å². The van der Waals surface area contributed by atoms with Crippen LogP contribution in [0.1, 0.15) is 44.2 Å². The van der Waals surface area contributed by atoms with Crippen molar-refractivity contribution in [1.82, 2.24) is 24.9 Å². The summed E-state index contributed by atoms with van der Waals surface area (Å²) in [5.74, 6) is 1.73. The summed E-state index contributed by atoms with van der Waals surface area (Å²) in [6.07, 6.45) is 8.08. The average molecular weight is 400 g/mol. The predicted octanol–water partition coefficient (Wildman–Crippen LogP) is 1.42. The number of rotatable bonds is 6. The minimum Gasteiger partial charge on any atom is -0.354 e. The van der Waals surface area contributed by atoms with Crippen molar-refractivity contribution in [2.24, 2.45) is 17.8 Å². The lowest BCUT2D eigenvalue weighted by molar-refractivity contribution is -0.153. The minimum absolute atomic E-state index is 0.154. The lowest BCUT2D eigenvalue weighted by Gasteiger charge is -2.56. The summed E-state index contributed by atoms with van der Waals surface area (Å²) >= 11 is 0. The van der Waals surface area contributed by atoms with Gasteiger partial charge in [0.2, 0.25) is 11.8 Å². The van der Waals surface area contributed by atoms with Crippen molar-refractivity contribution in [3.63, 3.8) is 0 Å².